The van der Waals surface area contributed by atoms with Crippen molar-refractivity contribution in [3.8, 4) is 0 Å². The van der Waals surface area contributed by atoms with Crippen molar-refractivity contribution in [2.24, 2.45) is 0 Å². The molecule has 1 N–H and O–H groups in total. The topological polar surface area (TPSA) is 33.1 Å². The summed E-state index contributed by atoms with van der Waals surface area (Å²) in [5, 5.41) is 10.2. The summed E-state index contributed by atoms with van der Waals surface area (Å²) < 4.78 is 0. The van der Waals surface area contributed by atoms with Crippen LogP contribution in [0.25, 0.3) is 0 Å². The monoisotopic (exact) mass is 241 g/mol. The van der Waals surface area contributed by atoms with Crippen LogP contribution in [0.15, 0.2) is 54.9 Å². The third kappa shape index (κ3) is 3.41. The minimum atomic E-state index is -0.312. The lowest BCUT2D eigenvalue weighted by Crippen LogP contribution is -2.16. The first kappa shape index (κ1) is 12.8. The van der Waals surface area contributed by atoms with Gasteiger partial charge in [-0.15, -0.1) is 0 Å². The molecule has 0 amide bonds. The normalized spacial score (nSPS) is 14.1. The molecule has 0 aliphatic carbocycles. The molecule has 94 valence electrons. The zero-order valence-electron chi connectivity index (χ0n) is 10.7. The molecule has 2 unspecified atom stereocenters. The molecule has 0 aliphatic rings. The highest BCUT2D eigenvalue weighted by Gasteiger charge is 2.15. The molecule has 0 saturated heterocycles. The number of aryl methyl sites for hydroxylation is 1. The Morgan fingerprint density at radius 3 is 2.39 bits per heavy atom. The molecule has 0 bridgehead atoms. The number of rotatable bonds is 5. The lowest BCUT2D eigenvalue weighted by Gasteiger charge is -2.19. The van der Waals surface area contributed by atoms with Gasteiger partial charge < -0.3 is 5.11 Å². The maximum atomic E-state index is 10.2. The SMILES string of the molecule is CC(c1ccncc1)C(O)CCc1ccccc1. The van der Waals surface area contributed by atoms with Gasteiger partial charge in [0.25, 0.3) is 0 Å². The van der Waals surface area contributed by atoms with Gasteiger partial charge >= 0.3 is 0 Å². The number of aromatic nitrogens is 1. The lowest BCUT2D eigenvalue weighted by molar-refractivity contribution is 0.140. The van der Waals surface area contributed by atoms with E-state index in [-0.39, 0.29) is 12.0 Å². The Morgan fingerprint density at radius 2 is 1.72 bits per heavy atom. The van der Waals surface area contributed by atoms with E-state index in [2.05, 4.69) is 24.0 Å². The Hall–Kier alpha value is -1.67. The van der Waals surface area contributed by atoms with E-state index in [4.69, 9.17) is 0 Å². The van der Waals surface area contributed by atoms with Crippen molar-refractivity contribution in [2.45, 2.75) is 31.8 Å². The lowest BCUT2D eigenvalue weighted by atomic mass is 9.92. The van der Waals surface area contributed by atoms with Crippen LogP contribution in [0.5, 0.6) is 0 Å². The first-order valence-corrected chi connectivity index (χ1v) is 6.39. The molecule has 0 aliphatic heterocycles. The molecular weight excluding hydrogens is 222 g/mol. The highest BCUT2D eigenvalue weighted by Crippen LogP contribution is 2.21. The number of hydrogen-bond acceptors (Lipinski definition) is 2. The standard InChI is InChI=1S/C16H19NO/c1-13(15-9-11-17-12-10-15)16(18)8-7-14-5-3-2-4-6-14/h2-6,9-13,16,18H,7-8H2,1H3. The van der Waals surface area contributed by atoms with E-state index in [0.717, 1.165) is 18.4 Å². The van der Waals surface area contributed by atoms with Crippen molar-refractivity contribution in [3.63, 3.8) is 0 Å². The van der Waals surface area contributed by atoms with Gasteiger partial charge in [0.2, 0.25) is 0 Å². The third-order valence-corrected chi connectivity index (χ3v) is 3.38. The van der Waals surface area contributed by atoms with E-state index in [1.807, 2.05) is 30.3 Å². The van der Waals surface area contributed by atoms with Crippen LogP contribution < -0.4 is 0 Å². The first-order chi connectivity index (χ1) is 8.77. The van der Waals surface area contributed by atoms with Gasteiger partial charge in [-0.2, -0.15) is 0 Å². The van der Waals surface area contributed by atoms with E-state index in [1.54, 1.807) is 12.4 Å². The minimum Gasteiger partial charge on any atom is -0.392 e. The Morgan fingerprint density at radius 1 is 1.06 bits per heavy atom. The summed E-state index contributed by atoms with van der Waals surface area (Å²) in [6.07, 6.45) is 4.93. The number of benzene rings is 1. The fourth-order valence-corrected chi connectivity index (χ4v) is 2.10. The summed E-state index contributed by atoms with van der Waals surface area (Å²) in [5.74, 6) is 0.150. The van der Waals surface area contributed by atoms with Gasteiger partial charge in [0, 0.05) is 18.3 Å². The first-order valence-electron chi connectivity index (χ1n) is 6.39. The molecule has 2 nitrogen and oxygen atoms in total. The quantitative estimate of drug-likeness (QED) is 0.872. The summed E-state index contributed by atoms with van der Waals surface area (Å²) in [6.45, 7) is 2.06. The number of aliphatic hydroxyl groups is 1. The van der Waals surface area contributed by atoms with Crippen molar-refractivity contribution in [3.05, 3.63) is 66.0 Å². The van der Waals surface area contributed by atoms with E-state index in [0.29, 0.717) is 0 Å². The van der Waals surface area contributed by atoms with Gasteiger partial charge in [-0.05, 0) is 36.1 Å². The zero-order valence-corrected chi connectivity index (χ0v) is 10.7. The molecule has 0 radical (unpaired) electrons. The number of aliphatic hydroxyl groups excluding tert-OH is 1. The molecule has 0 saturated carbocycles. The van der Waals surface area contributed by atoms with Crippen LogP contribution in [0, 0.1) is 0 Å². The molecule has 0 fully saturated rings. The van der Waals surface area contributed by atoms with E-state index >= 15 is 0 Å². The molecule has 1 aromatic carbocycles. The molecule has 2 atom stereocenters. The van der Waals surface area contributed by atoms with Gasteiger partial charge in [0.1, 0.15) is 0 Å². The highest BCUT2D eigenvalue weighted by atomic mass is 16.3. The van der Waals surface area contributed by atoms with Crippen LogP contribution in [0.2, 0.25) is 0 Å². The average Bonchev–Trinajstić information content (AvgIpc) is 2.46. The smallest absolute Gasteiger partial charge is 0.0609 e. The number of nitrogens with zero attached hydrogens (tertiary/aromatic N) is 1. The van der Waals surface area contributed by atoms with Crippen molar-refractivity contribution in [1.82, 2.24) is 4.98 Å². The van der Waals surface area contributed by atoms with Crippen LogP contribution in [0.1, 0.15) is 30.4 Å². The highest BCUT2D eigenvalue weighted by molar-refractivity contribution is 5.18. The van der Waals surface area contributed by atoms with Crippen LogP contribution in [0.4, 0.5) is 0 Å². The van der Waals surface area contributed by atoms with Crippen molar-refractivity contribution < 1.29 is 5.11 Å². The van der Waals surface area contributed by atoms with E-state index < -0.39 is 0 Å². The van der Waals surface area contributed by atoms with Crippen molar-refractivity contribution in [2.75, 3.05) is 0 Å². The average molecular weight is 241 g/mol. The van der Waals surface area contributed by atoms with Gasteiger partial charge in [0.15, 0.2) is 0 Å². The summed E-state index contributed by atoms with van der Waals surface area (Å²) in [7, 11) is 0. The van der Waals surface area contributed by atoms with Crippen molar-refractivity contribution >= 4 is 0 Å². The van der Waals surface area contributed by atoms with Gasteiger partial charge in [-0.1, -0.05) is 37.3 Å². The van der Waals surface area contributed by atoms with E-state index in [1.165, 1.54) is 5.56 Å². The second kappa shape index (κ2) is 6.31. The van der Waals surface area contributed by atoms with Crippen LogP contribution in [-0.2, 0) is 6.42 Å². The van der Waals surface area contributed by atoms with Gasteiger partial charge in [0.05, 0.1) is 6.10 Å². The Bertz CT molecular complexity index is 455. The summed E-state index contributed by atoms with van der Waals surface area (Å²) in [5.41, 5.74) is 2.42. The zero-order chi connectivity index (χ0) is 12.8. The van der Waals surface area contributed by atoms with E-state index in [9.17, 15) is 5.11 Å². The summed E-state index contributed by atoms with van der Waals surface area (Å²) in [6, 6.07) is 14.2. The van der Waals surface area contributed by atoms with Crippen LogP contribution in [-0.4, -0.2) is 16.2 Å². The summed E-state index contributed by atoms with van der Waals surface area (Å²) >= 11 is 0. The Labute approximate surface area is 108 Å². The second-order valence-electron chi connectivity index (χ2n) is 4.66. The largest absolute Gasteiger partial charge is 0.392 e. The van der Waals surface area contributed by atoms with Gasteiger partial charge in [-0.3, -0.25) is 4.98 Å². The third-order valence-electron chi connectivity index (χ3n) is 3.38. The molecule has 1 heterocycles. The molecule has 1 aromatic heterocycles. The van der Waals surface area contributed by atoms with Crippen molar-refractivity contribution in [1.29, 1.82) is 0 Å². The molecule has 18 heavy (non-hydrogen) atoms. The van der Waals surface area contributed by atoms with Gasteiger partial charge in [-0.25, -0.2) is 0 Å². The predicted molar refractivity (Wildman–Crippen MR) is 73.4 cm³/mol. The fraction of sp³-hybridized carbons (Fsp3) is 0.312. The van der Waals surface area contributed by atoms with Crippen LogP contribution in [0.3, 0.4) is 0 Å². The molecule has 0 spiro atoms. The maximum Gasteiger partial charge on any atom is 0.0609 e. The molecular formula is C16H19NO. The summed E-state index contributed by atoms with van der Waals surface area (Å²) in [4.78, 5) is 4.00. The maximum absolute atomic E-state index is 10.2. The number of pyridine rings is 1. The predicted octanol–water partition coefficient (Wildman–Crippen LogP) is 3.18. The fourth-order valence-electron chi connectivity index (χ4n) is 2.10. The molecule has 2 rings (SSSR count). The number of hydrogen-bond donors (Lipinski definition) is 1. The minimum absolute atomic E-state index is 0.150. The Balaban J connectivity index is 1.90. The Kier molecular flexibility index (Phi) is 4.48. The second-order valence-corrected chi connectivity index (χ2v) is 4.66. The molecule has 2 aromatic rings. The van der Waals surface area contributed by atoms with Crippen LogP contribution >= 0.6 is 0 Å². The molecule has 2 heteroatoms.